The van der Waals surface area contributed by atoms with Crippen LogP contribution in [0.5, 0.6) is 0 Å². The third-order valence-corrected chi connectivity index (χ3v) is 3.84. The van der Waals surface area contributed by atoms with E-state index in [-0.39, 0.29) is 5.91 Å². The molecule has 0 spiro atoms. The van der Waals surface area contributed by atoms with Crippen LogP contribution in [0.3, 0.4) is 0 Å². The summed E-state index contributed by atoms with van der Waals surface area (Å²) >= 11 is 8.69. The summed E-state index contributed by atoms with van der Waals surface area (Å²) in [7, 11) is 0. The van der Waals surface area contributed by atoms with Crippen molar-refractivity contribution in [2.45, 2.75) is 0 Å². The summed E-state index contributed by atoms with van der Waals surface area (Å²) in [5.41, 5.74) is 2.07. The zero-order valence-corrected chi connectivity index (χ0v) is 13.3. The van der Waals surface area contributed by atoms with Crippen molar-refractivity contribution in [3.8, 4) is 0 Å². The van der Waals surface area contributed by atoms with Crippen molar-refractivity contribution < 1.29 is 4.79 Å². The molecule has 5 heteroatoms. The number of hydrogen-bond acceptors (Lipinski definition) is 2. The van der Waals surface area contributed by atoms with Crippen molar-refractivity contribution in [2.75, 3.05) is 4.90 Å². The molecule has 1 radical (unpaired) electrons. The van der Waals surface area contributed by atoms with Gasteiger partial charge in [0, 0.05) is 0 Å². The number of anilines is 1. The van der Waals surface area contributed by atoms with Crippen molar-refractivity contribution in [3.63, 3.8) is 0 Å². The van der Waals surface area contributed by atoms with Gasteiger partial charge in [-0.15, -0.1) is 0 Å². The van der Waals surface area contributed by atoms with E-state index in [2.05, 4.69) is 21.0 Å². The number of carbonyl (C=O) groups is 1. The van der Waals surface area contributed by atoms with Crippen LogP contribution in [0.4, 0.5) is 5.69 Å². The zero-order valence-electron chi connectivity index (χ0n) is 10.9. The summed E-state index contributed by atoms with van der Waals surface area (Å²) in [5.74, 6) is -0.148. The molecule has 1 heterocycles. The van der Waals surface area contributed by atoms with Crippen molar-refractivity contribution >= 4 is 50.0 Å². The van der Waals surface area contributed by atoms with E-state index in [4.69, 9.17) is 11.6 Å². The molecular formula is C16H10ClN2OSe. The summed E-state index contributed by atoms with van der Waals surface area (Å²) < 4.78 is 0.548. The molecule has 0 saturated carbocycles. The molecule has 0 saturated heterocycles. The number of rotatable bonds is 2. The molecule has 3 nitrogen and oxygen atoms in total. The van der Waals surface area contributed by atoms with Gasteiger partial charge in [-0.25, -0.2) is 0 Å². The Morgan fingerprint density at radius 2 is 1.71 bits per heavy atom. The van der Waals surface area contributed by atoms with Crippen LogP contribution in [-0.4, -0.2) is 26.7 Å². The van der Waals surface area contributed by atoms with Gasteiger partial charge in [-0.2, -0.15) is 0 Å². The van der Waals surface area contributed by atoms with Gasteiger partial charge in [0.15, 0.2) is 0 Å². The molecule has 0 N–H and O–H groups in total. The van der Waals surface area contributed by atoms with Crippen molar-refractivity contribution in [1.29, 1.82) is 0 Å². The Balaban J connectivity index is 1.93. The second-order valence-electron chi connectivity index (χ2n) is 4.45. The van der Waals surface area contributed by atoms with Gasteiger partial charge >= 0.3 is 136 Å². The first-order valence-electron chi connectivity index (χ1n) is 6.27. The Bertz CT molecular complexity index is 739. The molecule has 0 aromatic heterocycles. The second kappa shape index (κ2) is 5.86. The van der Waals surface area contributed by atoms with Gasteiger partial charge in [-0.1, -0.05) is 0 Å². The monoisotopic (exact) mass is 361 g/mol. The van der Waals surface area contributed by atoms with Gasteiger partial charge < -0.3 is 0 Å². The van der Waals surface area contributed by atoms with Gasteiger partial charge in [-0.3, -0.25) is 0 Å². The van der Waals surface area contributed by atoms with Crippen molar-refractivity contribution in [3.05, 3.63) is 70.9 Å². The van der Waals surface area contributed by atoms with Crippen LogP contribution in [0.1, 0.15) is 5.56 Å². The number of amides is 1. The topological polar surface area (TPSA) is 32.7 Å². The second-order valence-corrected chi connectivity index (χ2v) is 5.65. The van der Waals surface area contributed by atoms with Gasteiger partial charge in [0.05, 0.1) is 0 Å². The third-order valence-electron chi connectivity index (χ3n) is 3.02. The number of aliphatic imine (C=N–C) groups is 1. The van der Waals surface area contributed by atoms with Gasteiger partial charge in [-0.05, 0) is 0 Å². The van der Waals surface area contributed by atoms with Crippen LogP contribution >= 0.6 is 11.6 Å². The Labute approximate surface area is 135 Å². The molecule has 0 unspecified atom stereocenters. The molecule has 2 aromatic rings. The van der Waals surface area contributed by atoms with Gasteiger partial charge in [0.2, 0.25) is 0 Å². The normalized spacial score (nSPS) is 16.4. The standard InChI is InChI=1S/C16H10ClN2OSe/c17-12-8-6-11(7-9-12)10-14-15(20)19(16(21)18-14)13-4-2-1-3-5-13/h1-10H. The number of nitrogens with zero attached hydrogens (tertiary/aromatic N) is 2. The van der Waals surface area contributed by atoms with Gasteiger partial charge in [0.25, 0.3) is 0 Å². The summed E-state index contributed by atoms with van der Waals surface area (Å²) in [4.78, 5) is 18.4. The molecule has 0 bridgehead atoms. The number of hydrogen-bond donors (Lipinski definition) is 0. The first-order valence-corrected chi connectivity index (χ1v) is 7.51. The fourth-order valence-electron chi connectivity index (χ4n) is 2.02. The quantitative estimate of drug-likeness (QED) is 0.598. The minimum atomic E-state index is -0.148. The van der Waals surface area contributed by atoms with Crippen molar-refractivity contribution in [1.82, 2.24) is 0 Å². The molecule has 21 heavy (non-hydrogen) atoms. The van der Waals surface area contributed by atoms with E-state index >= 15 is 0 Å². The fraction of sp³-hybridized carbons (Fsp3) is 0. The molecular weight excluding hydrogens is 351 g/mol. The number of amidine groups is 1. The van der Waals surface area contributed by atoms with E-state index in [1.807, 2.05) is 42.5 Å². The molecule has 1 aliphatic heterocycles. The average Bonchev–Trinajstić information content (AvgIpc) is 2.77. The maximum atomic E-state index is 12.5. The number of benzene rings is 2. The van der Waals surface area contributed by atoms with E-state index in [1.165, 1.54) is 0 Å². The number of para-hydroxylation sites is 1. The Hall–Kier alpha value is -1.87. The van der Waals surface area contributed by atoms with E-state index in [1.54, 1.807) is 23.1 Å². The number of halogens is 1. The van der Waals surface area contributed by atoms with E-state index < -0.39 is 0 Å². The average molecular weight is 361 g/mol. The molecule has 0 fully saturated rings. The van der Waals surface area contributed by atoms with E-state index in [0.29, 0.717) is 15.5 Å². The molecule has 103 valence electrons. The third kappa shape index (κ3) is 2.93. The van der Waals surface area contributed by atoms with Gasteiger partial charge in [0.1, 0.15) is 0 Å². The van der Waals surface area contributed by atoms with Crippen LogP contribution in [0, 0.1) is 0 Å². The first kappa shape index (κ1) is 14.1. The molecule has 1 aliphatic rings. The Morgan fingerprint density at radius 3 is 2.38 bits per heavy atom. The van der Waals surface area contributed by atoms with Crippen molar-refractivity contribution in [2.24, 2.45) is 4.99 Å². The Morgan fingerprint density at radius 1 is 1.05 bits per heavy atom. The summed E-state index contributed by atoms with van der Waals surface area (Å²) in [6.45, 7) is 0. The number of carbonyl (C=O) groups excluding carboxylic acids is 1. The molecule has 3 rings (SSSR count). The molecule has 2 aromatic carbocycles. The van der Waals surface area contributed by atoms with Crippen LogP contribution in [0.2, 0.25) is 5.02 Å². The molecule has 1 amide bonds. The van der Waals surface area contributed by atoms with E-state index in [9.17, 15) is 4.79 Å². The van der Waals surface area contributed by atoms with Crippen LogP contribution in [0.15, 0.2) is 65.3 Å². The minimum absolute atomic E-state index is 0.148. The Kier molecular flexibility index (Phi) is 3.93. The predicted octanol–water partition coefficient (Wildman–Crippen LogP) is 3.25. The van der Waals surface area contributed by atoms with Crippen LogP contribution < -0.4 is 4.90 Å². The predicted molar refractivity (Wildman–Crippen MR) is 86.5 cm³/mol. The maximum absolute atomic E-state index is 12.5. The molecule has 0 atom stereocenters. The summed E-state index contributed by atoms with van der Waals surface area (Å²) in [5, 5.41) is 0.661. The SMILES string of the molecule is O=C1C(=Cc2ccc(Cl)cc2)N=C([Se])N1c1ccccc1. The zero-order chi connectivity index (χ0) is 14.8. The summed E-state index contributed by atoms with van der Waals surface area (Å²) in [6.07, 6.45) is 1.75. The fourth-order valence-corrected chi connectivity index (χ4v) is 2.75. The first-order chi connectivity index (χ1) is 10.1. The van der Waals surface area contributed by atoms with Crippen LogP contribution in [0.25, 0.3) is 6.08 Å². The van der Waals surface area contributed by atoms with E-state index in [0.717, 1.165) is 11.3 Å². The summed E-state index contributed by atoms with van der Waals surface area (Å²) in [6, 6.07) is 16.7. The van der Waals surface area contributed by atoms with Crippen LogP contribution in [-0.2, 0) is 4.79 Å². The molecule has 0 aliphatic carbocycles.